The third kappa shape index (κ3) is 2.95. The average Bonchev–Trinajstić information content (AvgIpc) is 3.60. The van der Waals surface area contributed by atoms with E-state index in [9.17, 15) is 18.4 Å². The van der Waals surface area contributed by atoms with Gasteiger partial charge in [0.15, 0.2) is 5.82 Å². The molecule has 1 aromatic heterocycles. The molecule has 0 radical (unpaired) electrons. The Kier molecular flexibility index (Phi) is 3.91. The number of fused-ring (bicyclic) bond motifs is 2. The molecule has 1 aliphatic heterocycles. The van der Waals surface area contributed by atoms with Crippen molar-refractivity contribution in [1.82, 2.24) is 14.9 Å². The first-order valence-corrected chi connectivity index (χ1v) is 9.42. The number of nitrogens with one attached hydrogen (secondary N) is 1. The maximum Gasteiger partial charge on any atom is 0.254 e. The molecule has 150 valence electrons. The molecule has 3 aliphatic rings. The number of nitrogens with zero attached hydrogens (tertiary/aromatic N) is 3. The van der Waals surface area contributed by atoms with Gasteiger partial charge in [-0.3, -0.25) is 14.9 Å². The largest absolute Gasteiger partial charge is 0.328 e. The van der Waals surface area contributed by atoms with Crippen LogP contribution >= 0.6 is 0 Å². The predicted octanol–water partition coefficient (Wildman–Crippen LogP) is 2.71. The summed E-state index contributed by atoms with van der Waals surface area (Å²) in [7, 11) is 0. The van der Waals surface area contributed by atoms with Crippen LogP contribution in [0, 0.1) is 11.6 Å². The van der Waals surface area contributed by atoms with Crippen molar-refractivity contribution in [1.29, 1.82) is 0 Å². The van der Waals surface area contributed by atoms with Crippen LogP contribution in [-0.2, 0) is 10.2 Å². The summed E-state index contributed by atoms with van der Waals surface area (Å²) in [6, 6.07) is 3.15. The normalized spacial score (nSPS) is 25.1. The number of aromatic nitrogens is 2. The Hall–Kier alpha value is -2.97. The van der Waals surface area contributed by atoms with E-state index in [1.54, 1.807) is 12.1 Å². The van der Waals surface area contributed by atoms with Gasteiger partial charge in [0.25, 0.3) is 5.91 Å². The van der Waals surface area contributed by atoms with Crippen molar-refractivity contribution in [2.45, 2.75) is 36.8 Å². The molecule has 0 saturated heterocycles. The van der Waals surface area contributed by atoms with Crippen LogP contribution in [0.25, 0.3) is 0 Å². The molecule has 5 rings (SSSR count). The highest BCUT2D eigenvalue weighted by Gasteiger charge is 2.62. The highest BCUT2D eigenvalue weighted by Crippen LogP contribution is 2.56. The van der Waals surface area contributed by atoms with Crippen LogP contribution in [0.1, 0.15) is 46.7 Å². The fourth-order valence-corrected chi connectivity index (χ4v) is 4.15. The van der Waals surface area contributed by atoms with Crippen molar-refractivity contribution in [3.8, 4) is 0 Å². The van der Waals surface area contributed by atoms with Crippen molar-refractivity contribution < 1.29 is 22.8 Å². The van der Waals surface area contributed by atoms with E-state index in [1.807, 2.05) is 0 Å². The Morgan fingerprint density at radius 2 is 1.93 bits per heavy atom. The van der Waals surface area contributed by atoms with E-state index in [4.69, 9.17) is 0 Å². The van der Waals surface area contributed by atoms with Gasteiger partial charge in [-0.25, -0.2) is 23.1 Å². The second-order valence-electron chi connectivity index (χ2n) is 7.93. The predicted molar refractivity (Wildman–Crippen MR) is 96.1 cm³/mol. The summed E-state index contributed by atoms with van der Waals surface area (Å²) in [6.45, 7) is -0.428. The fraction of sp³-hybridized carbons (Fsp3) is 0.400. The van der Waals surface area contributed by atoms with Crippen LogP contribution < -0.4 is 5.32 Å². The lowest BCUT2D eigenvalue weighted by Crippen LogP contribution is -2.48. The van der Waals surface area contributed by atoms with E-state index >= 15 is 4.39 Å². The standard InChI is InChI=1S/C20H17F3N4O2/c21-11-6-24-19(25-7-11)26-15(28)8-27-9-20(5-14(20)22)16-13(18(27)29)4-3-12(17(16)23)10-1-2-10/h3-4,6-7,10,14H,1-2,5,8-9H2,(H,24,25,26,28)/t14-,20+/m0/s1. The number of halogens is 3. The smallest absolute Gasteiger partial charge is 0.254 e. The summed E-state index contributed by atoms with van der Waals surface area (Å²) in [6.07, 6.45) is 2.46. The van der Waals surface area contributed by atoms with Crippen LogP contribution in [0.4, 0.5) is 19.1 Å². The molecule has 1 N–H and O–H groups in total. The molecule has 0 unspecified atom stereocenters. The Morgan fingerprint density at radius 3 is 2.55 bits per heavy atom. The molecule has 29 heavy (non-hydrogen) atoms. The lowest BCUT2D eigenvalue weighted by atomic mass is 9.83. The molecule has 2 saturated carbocycles. The summed E-state index contributed by atoms with van der Waals surface area (Å²) in [5.74, 6) is -2.20. The number of carbonyl (C=O) groups excluding carboxylic acids is 2. The number of hydrogen-bond donors (Lipinski definition) is 1. The van der Waals surface area contributed by atoms with Crippen molar-refractivity contribution in [2.75, 3.05) is 18.4 Å². The molecule has 2 heterocycles. The average molecular weight is 402 g/mol. The van der Waals surface area contributed by atoms with Crippen LogP contribution in [0.15, 0.2) is 24.5 Å². The van der Waals surface area contributed by atoms with Gasteiger partial charge in [-0.2, -0.15) is 0 Å². The van der Waals surface area contributed by atoms with Crippen LogP contribution in [0.3, 0.4) is 0 Å². The fourth-order valence-electron chi connectivity index (χ4n) is 4.15. The molecule has 0 bridgehead atoms. The first-order valence-electron chi connectivity index (χ1n) is 9.42. The van der Waals surface area contributed by atoms with E-state index in [0.29, 0.717) is 5.56 Å². The summed E-state index contributed by atoms with van der Waals surface area (Å²) < 4.78 is 42.5. The van der Waals surface area contributed by atoms with Gasteiger partial charge in [-0.05, 0) is 36.8 Å². The van der Waals surface area contributed by atoms with Gasteiger partial charge in [0, 0.05) is 17.7 Å². The van der Waals surface area contributed by atoms with E-state index in [2.05, 4.69) is 15.3 Å². The van der Waals surface area contributed by atoms with Gasteiger partial charge in [0.05, 0.1) is 17.8 Å². The second-order valence-corrected chi connectivity index (χ2v) is 7.93. The van der Waals surface area contributed by atoms with Crippen molar-refractivity contribution in [3.63, 3.8) is 0 Å². The maximum absolute atomic E-state index is 15.2. The number of rotatable bonds is 4. The van der Waals surface area contributed by atoms with Crippen LogP contribution in [0.5, 0.6) is 0 Å². The Labute approximate surface area is 164 Å². The molecule has 2 atom stereocenters. The van der Waals surface area contributed by atoms with E-state index < -0.39 is 35.0 Å². The zero-order valence-corrected chi connectivity index (χ0v) is 15.3. The molecule has 2 amide bonds. The van der Waals surface area contributed by atoms with Crippen molar-refractivity contribution in [2.24, 2.45) is 0 Å². The zero-order valence-electron chi connectivity index (χ0n) is 15.3. The quantitative estimate of drug-likeness (QED) is 0.853. The first-order chi connectivity index (χ1) is 13.9. The molecule has 2 aliphatic carbocycles. The van der Waals surface area contributed by atoms with E-state index in [1.165, 1.54) is 4.90 Å². The third-order valence-electron chi connectivity index (χ3n) is 5.87. The SMILES string of the molecule is O=C(CN1C[C@@]2(C[C@@H]2F)c2c(ccc(C3CC3)c2F)C1=O)Nc1ncc(F)cn1. The number of carbonyl (C=O) groups is 2. The van der Waals surface area contributed by atoms with Crippen LogP contribution in [0.2, 0.25) is 0 Å². The summed E-state index contributed by atoms with van der Waals surface area (Å²) in [5, 5.41) is 2.37. The number of amides is 2. The van der Waals surface area contributed by atoms with Gasteiger partial charge in [-0.15, -0.1) is 0 Å². The molecular formula is C20H17F3N4O2. The lowest BCUT2D eigenvalue weighted by molar-refractivity contribution is -0.117. The van der Waals surface area contributed by atoms with Gasteiger partial charge < -0.3 is 4.90 Å². The molecule has 1 spiro atoms. The van der Waals surface area contributed by atoms with Crippen molar-refractivity contribution in [3.05, 3.63) is 52.9 Å². The minimum absolute atomic E-state index is 0.0667. The molecular weight excluding hydrogens is 385 g/mol. The molecule has 6 nitrogen and oxygen atoms in total. The highest BCUT2D eigenvalue weighted by atomic mass is 19.1. The zero-order chi connectivity index (χ0) is 20.3. The van der Waals surface area contributed by atoms with Crippen molar-refractivity contribution >= 4 is 17.8 Å². The topological polar surface area (TPSA) is 75.2 Å². The number of anilines is 1. The monoisotopic (exact) mass is 402 g/mol. The summed E-state index contributed by atoms with van der Waals surface area (Å²) >= 11 is 0. The lowest BCUT2D eigenvalue weighted by Gasteiger charge is -2.35. The third-order valence-corrected chi connectivity index (χ3v) is 5.87. The summed E-state index contributed by atoms with van der Waals surface area (Å²) in [5.41, 5.74) is -0.262. The molecule has 1 aromatic carbocycles. The number of alkyl halides is 1. The number of benzene rings is 1. The minimum atomic E-state index is -1.26. The van der Waals surface area contributed by atoms with E-state index in [-0.39, 0.29) is 42.5 Å². The number of hydrogen-bond acceptors (Lipinski definition) is 4. The Morgan fingerprint density at radius 1 is 1.24 bits per heavy atom. The maximum atomic E-state index is 15.2. The van der Waals surface area contributed by atoms with Gasteiger partial charge in [0.2, 0.25) is 11.9 Å². The Balaban J connectivity index is 1.41. The summed E-state index contributed by atoms with van der Waals surface area (Å²) in [4.78, 5) is 33.7. The van der Waals surface area contributed by atoms with Crippen LogP contribution in [-0.4, -0.2) is 45.9 Å². The Bertz CT molecular complexity index is 1030. The highest BCUT2D eigenvalue weighted by molar-refractivity contribution is 6.01. The molecule has 9 heteroatoms. The first kappa shape index (κ1) is 18.1. The minimum Gasteiger partial charge on any atom is -0.328 e. The second kappa shape index (κ2) is 6.27. The van der Waals surface area contributed by atoms with Gasteiger partial charge in [0.1, 0.15) is 18.5 Å². The van der Waals surface area contributed by atoms with E-state index in [0.717, 1.165) is 25.2 Å². The van der Waals surface area contributed by atoms with Gasteiger partial charge in [-0.1, -0.05) is 6.07 Å². The molecule has 2 aromatic rings. The molecule has 2 fully saturated rings. The van der Waals surface area contributed by atoms with Gasteiger partial charge >= 0.3 is 0 Å².